The minimum absolute atomic E-state index is 0.0232. The molecule has 4 nitrogen and oxygen atoms in total. The Morgan fingerprint density at radius 3 is 2.70 bits per heavy atom. The Balaban J connectivity index is 2.12. The van der Waals surface area contributed by atoms with Gasteiger partial charge in [0, 0.05) is 13.0 Å². The smallest absolute Gasteiger partial charge is 0.408 e. The Morgan fingerprint density at radius 2 is 2.05 bits per heavy atom. The first-order valence-corrected chi connectivity index (χ1v) is 7.09. The van der Waals surface area contributed by atoms with Gasteiger partial charge in [-0.1, -0.05) is 24.3 Å². The summed E-state index contributed by atoms with van der Waals surface area (Å²) in [6, 6.07) is 7.98. The van der Waals surface area contributed by atoms with Gasteiger partial charge in [0.15, 0.2) is 0 Å². The van der Waals surface area contributed by atoms with Crippen molar-refractivity contribution >= 4 is 6.09 Å². The molecule has 1 aliphatic carbocycles. The lowest BCUT2D eigenvalue weighted by Crippen LogP contribution is -2.39. The van der Waals surface area contributed by atoms with Crippen molar-refractivity contribution in [1.82, 2.24) is 5.32 Å². The van der Waals surface area contributed by atoms with Gasteiger partial charge < -0.3 is 14.8 Å². The number of nitrogens with one attached hydrogen (secondary N) is 1. The molecule has 0 heterocycles. The highest BCUT2D eigenvalue weighted by Gasteiger charge is 2.34. The van der Waals surface area contributed by atoms with Gasteiger partial charge in [0.1, 0.15) is 5.60 Å². The van der Waals surface area contributed by atoms with Crippen molar-refractivity contribution in [3.8, 4) is 0 Å². The van der Waals surface area contributed by atoms with E-state index in [0.29, 0.717) is 6.61 Å². The van der Waals surface area contributed by atoms with Crippen LogP contribution < -0.4 is 5.32 Å². The van der Waals surface area contributed by atoms with E-state index >= 15 is 0 Å². The summed E-state index contributed by atoms with van der Waals surface area (Å²) in [4.78, 5) is 12.0. The number of hydrogen-bond donors (Lipinski definition) is 1. The number of benzene rings is 1. The first-order chi connectivity index (χ1) is 9.40. The van der Waals surface area contributed by atoms with Crippen molar-refractivity contribution in [2.75, 3.05) is 6.61 Å². The minimum atomic E-state index is -0.497. The van der Waals surface area contributed by atoms with E-state index < -0.39 is 11.7 Å². The van der Waals surface area contributed by atoms with Gasteiger partial charge >= 0.3 is 6.09 Å². The molecule has 20 heavy (non-hydrogen) atoms. The Hall–Kier alpha value is -1.55. The summed E-state index contributed by atoms with van der Waals surface area (Å²) in [6.07, 6.45) is 0.402. The zero-order valence-electron chi connectivity index (χ0n) is 12.6. The summed E-state index contributed by atoms with van der Waals surface area (Å²) in [6.45, 7) is 8.16. The molecule has 1 aromatic carbocycles. The molecule has 4 heteroatoms. The molecule has 0 unspecified atom stereocenters. The van der Waals surface area contributed by atoms with Crippen molar-refractivity contribution in [1.29, 1.82) is 0 Å². The zero-order valence-corrected chi connectivity index (χ0v) is 12.6. The largest absolute Gasteiger partial charge is 0.444 e. The molecule has 0 aromatic heterocycles. The summed E-state index contributed by atoms with van der Waals surface area (Å²) in [5.41, 5.74) is 1.85. The van der Waals surface area contributed by atoms with Crippen LogP contribution in [0.3, 0.4) is 0 Å². The molecule has 2 rings (SSSR count). The third-order valence-corrected chi connectivity index (χ3v) is 3.24. The topological polar surface area (TPSA) is 47.6 Å². The lowest BCUT2D eigenvalue weighted by atomic mass is 10.1. The normalized spacial score (nSPS) is 21.4. The van der Waals surface area contributed by atoms with Gasteiger partial charge in [-0.15, -0.1) is 0 Å². The first-order valence-electron chi connectivity index (χ1n) is 7.09. The van der Waals surface area contributed by atoms with Crippen LogP contribution in [0.5, 0.6) is 0 Å². The second kappa shape index (κ2) is 5.83. The van der Waals surface area contributed by atoms with Crippen LogP contribution in [0.1, 0.15) is 44.9 Å². The van der Waals surface area contributed by atoms with E-state index in [-0.39, 0.29) is 12.1 Å². The fraction of sp³-hybridized carbons (Fsp3) is 0.562. The molecule has 1 amide bonds. The molecule has 0 fully saturated rings. The van der Waals surface area contributed by atoms with Crippen molar-refractivity contribution in [3.05, 3.63) is 35.4 Å². The number of carbonyl (C=O) groups is 1. The van der Waals surface area contributed by atoms with Gasteiger partial charge in [0.25, 0.3) is 0 Å². The highest BCUT2D eigenvalue weighted by molar-refractivity contribution is 5.69. The molecule has 1 aliphatic rings. The van der Waals surface area contributed by atoms with Crippen LogP contribution in [-0.2, 0) is 15.9 Å². The molecule has 110 valence electrons. The Kier molecular flexibility index (Phi) is 4.33. The average Bonchev–Trinajstić information content (AvgIpc) is 2.66. The van der Waals surface area contributed by atoms with Crippen LogP contribution in [0.4, 0.5) is 4.79 Å². The van der Waals surface area contributed by atoms with Crippen LogP contribution >= 0.6 is 0 Å². The van der Waals surface area contributed by atoms with E-state index in [9.17, 15) is 4.79 Å². The van der Waals surface area contributed by atoms with E-state index in [0.717, 1.165) is 12.0 Å². The van der Waals surface area contributed by atoms with Crippen molar-refractivity contribution in [3.63, 3.8) is 0 Å². The summed E-state index contributed by atoms with van der Waals surface area (Å²) >= 11 is 0. The second-order valence-electron chi connectivity index (χ2n) is 6.02. The van der Waals surface area contributed by atoms with Gasteiger partial charge in [0.05, 0.1) is 12.1 Å². The minimum Gasteiger partial charge on any atom is -0.444 e. The summed E-state index contributed by atoms with van der Waals surface area (Å²) < 4.78 is 11.1. The van der Waals surface area contributed by atoms with Gasteiger partial charge in [-0.2, -0.15) is 0 Å². The lowest BCUT2D eigenvalue weighted by Gasteiger charge is -2.25. The molecular formula is C16H23NO3. The monoisotopic (exact) mass is 277 g/mol. The molecular weight excluding hydrogens is 254 g/mol. The summed E-state index contributed by atoms with van der Waals surface area (Å²) in [5.74, 6) is 0. The lowest BCUT2D eigenvalue weighted by molar-refractivity contribution is 0.0245. The van der Waals surface area contributed by atoms with E-state index in [1.165, 1.54) is 5.56 Å². The number of carbonyl (C=O) groups excluding carboxylic acids is 1. The van der Waals surface area contributed by atoms with E-state index in [4.69, 9.17) is 9.47 Å². The third kappa shape index (κ3) is 3.51. The van der Waals surface area contributed by atoms with Crippen LogP contribution in [0.25, 0.3) is 0 Å². The molecule has 0 aliphatic heterocycles. The van der Waals surface area contributed by atoms with Crippen LogP contribution in [-0.4, -0.2) is 24.4 Å². The molecule has 0 radical (unpaired) electrons. The molecule has 0 spiro atoms. The SMILES string of the molecule is CCO[C@H]1Cc2ccccc2[C@H]1NC(=O)OC(C)(C)C. The number of fused-ring (bicyclic) bond motifs is 1. The van der Waals surface area contributed by atoms with E-state index in [2.05, 4.69) is 11.4 Å². The van der Waals surface area contributed by atoms with Crippen LogP contribution in [0.2, 0.25) is 0 Å². The maximum atomic E-state index is 12.0. The van der Waals surface area contributed by atoms with Gasteiger partial charge in [-0.05, 0) is 38.8 Å². The third-order valence-electron chi connectivity index (χ3n) is 3.24. The van der Waals surface area contributed by atoms with Crippen LogP contribution in [0.15, 0.2) is 24.3 Å². The van der Waals surface area contributed by atoms with Crippen LogP contribution in [0, 0.1) is 0 Å². The maximum Gasteiger partial charge on any atom is 0.408 e. The van der Waals surface area contributed by atoms with Gasteiger partial charge in [0.2, 0.25) is 0 Å². The second-order valence-corrected chi connectivity index (χ2v) is 6.02. The highest BCUT2D eigenvalue weighted by atomic mass is 16.6. The number of amides is 1. The predicted molar refractivity (Wildman–Crippen MR) is 77.7 cm³/mol. The number of rotatable bonds is 3. The predicted octanol–water partition coefficient (Wildman–Crippen LogP) is 3.21. The maximum absolute atomic E-state index is 12.0. The van der Waals surface area contributed by atoms with Crippen molar-refractivity contribution in [2.45, 2.75) is 51.9 Å². The van der Waals surface area contributed by atoms with E-state index in [1.807, 2.05) is 45.9 Å². The number of ether oxygens (including phenoxy) is 2. The summed E-state index contributed by atoms with van der Waals surface area (Å²) in [5, 5.41) is 2.94. The standard InChI is InChI=1S/C16H23NO3/c1-5-19-13-10-11-8-6-7-9-12(11)14(13)17-15(18)20-16(2,3)4/h6-9,13-14H,5,10H2,1-4H3,(H,17,18)/t13-,14+/m0/s1. The molecule has 0 saturated heterocycles. The van der Waals surface area contributed by atoms with Crippen molar-refractivity contribution < 1.29 is 14.3 Å². The highest BCUT2D eigenvalue weighted by Crippen LogP contribution is 2.33. The summed E-state index contributed by atoms with van der Waals surface area (Å²) in [7, 11) is 0. The van der Waals surface area contributed by atoms with Crippen molar-refractivity contribution in [2.24, 2.45) is 0 Å². The molecule has 2 atom stereocenters. The fourth-order valence-electron chi connectivity index (χ4n) is 2.53. The fourth-order valence-corrected chi connectivity index (χ4v) is 2.53. The van der Waals surface area contributed by atoms with E-state index in [1.54, 1.807) is 0 Å². The Morgan fingerprint density at radius 1 is 1.35 bits per heavy atom. The Labute approximate surface area is 120 Å². The quantitative estimate of drug-likeness (QED) is 0.923. The number of hydrogen-bond acceptors (Lipinski definition) is 3. The molecule has 0 bridgehead atoms. The van der Waals surface area contributed by atoms with Gasteiger partial charge in [-0.25, -0.2) is 4.79 Å². The average molecular weight is 277 g/mol. The molecule has 0 saturated carbocycles. The zero-order chi connectivity index (χ0) is 14.8. The molecule has 1 N–H and O–H groups in total. The first kappa shape index (κ1) is 14.9. The molecule has 1 aromatic rings. The number of alkyl carbamates (subject to hydrolysis) is 1. The van der Waals surface area contributed by atoms with Gasteiger partial charge in [-0.3, -0.25) is 0 Å². The Bertz CT molecular complexity index is 479.